The van der Waals surface area contributed by atoms with Crippen LogP contribution in [0.5, 0.6) is 5.75 Å². The zero-order valence-corrected chi connectivity index (χ0v) is 15.8. The number of fused-ring (bicyclic) bond motifs is 1. The molecule has 4 rings (SSSR count). The predicted molar refractivity (Wildman–Crippen MR) is 104 cm³/mol. The number of nitrogens with one attached hydrogen (secondary N) is 2. The van der Waals surface area contributed by atoms with E-state index < -0.39 is 0 Å². The Morgan fingerprint density at radius 1 is 1.19 bits per heavy atom. The topological polar surface area (TPSA) is 57.4 Å². The summed E-state index contributed by atoms with van der Waals surface area (Å²) < 4.78 is 6.23. The molecule has 2 aliphatic rings. The summed E-state index contributed by atoms with van der Waals surface area (Å²) in [4.78, 5) is 18.4. The average molecular weight is 355 g/mol. The van der Waals surface area contributed by atoms with Crippen LogP contribution in [-0.4, -0.2) is 54.0 Å². The number of ether oxygens (including phenoxy) is 1. The Hall–Kier alpha value is -1.85. The zero-order valence-electron chi connectivity index (χ0n) is 15.8. The quantitative estimate of drug-likeness (QED) is 0.809. The number of carbonyl (C=O) groups is 1. The maximum absolute atomic E-state index is 12.6. The first-order valence-electron chi connectivity index (χ1n) is 9.88. The highest BCUT2D eigenvalue weighted by Gasteiger charge is 2.25. The second-order valence-electron chi connectivity index (χ2n) is 7.93. The van der Waals surface area contributed by atoms with Crippen LogP contribution in [0, 0.1) is 5.92 Å². The van der Waals surface area contributed by atoms with Crippen LogP contribution in [0.2, 0.25) is 0 Å². The molecule has 5 nitrogen and oxygen atoms in total. The van der Waals surface area contributed by atoms with Crippen LogP contribution in [0.3, 0.4) is 0 Å². The van der Waals surface area contributed by atoms with Gasteiger partial charge in [0.25, 0.3) is 0 Å². The lowest BCUT2D eigenvalue weighted by Gasteiger charge is -2.34. The van der Waals surface area contributed by atoms with E-state index in [0.29, 0.717) is 6.04 Å². The third-order valence-corrected chi connectivity index (χ3v) is 5.80. The number of rotatable bonds is 5. The average Bonchev–Trinajstić information content (AvgIpc) is 3.31. The number of carbonyl (C=O) groups excluding carboxylic acids is 1. The smallest absolute Gasteiger partial charge is 0.183 e. The summed E-state index contributed by atoms with van der Waals surface area (Å²) in [7, 11) is 0. The molecule has 1 aromatic heterocycles. The van der Waals surface area contributed by atoms with E-state index in [1.54, 1.807) is 0 Å². The van der Waals surface area contributed by atoms with Crippen molar-refractivity contribution in [2.24, 2.45) is 5.92 Å². The normalized spacial score (nSPS) is 22.3. The monoisotopic (exact) mass is 355 g/mol. The molecule has 5 heteroatoms. The van der Waals surface area contributed by atoms with Gasteiger partial charge in [0.2, 0.25) is 0 Å². The summed E-state index contributed by atoms with van der Waals surface area (Å²) >= 11 is 0. The molecule has 2 aliphatic heterocycles. The number of H-pyrrole nitrogens is 1. The van der Waals surface area contributed by atoms with Gasteiger partial charge in [-0.1, -0.05) is 0 Å². The lowest BCUT2D eigenvalue weighted by Crippen LogP contribution is -2.41. The fourth-order valence-corrected chi connectivity index (χ4v) is 4.12. The van der Waals surface area contributed by atoms with E-state index in [1.807, 2.05) is 18.2 Å². The Morgan fingerprint density at radius 2 is 2.00 bits per heavy atom. The van der Waals surface area contributed by atoms with Crippen molar-refractivity contribution in [2.45, 2.75) is 45.3 Å². The maximum Gasteiger partial charge on any atom is 0.183 e. The van der Waals surface area contributed by atoms with E-state index in [4.69, 9.17) is 4.74 Å². The van der Waals surface area contributed by atoms with Crippen molar-refractivity contribution in [3.63, 3.8) is 0 Å². The highest BCUT2D eigenvalue weighted by Crippen LogP contribution is 2.26. The van der Waals surface area contributed by atoms with E-state index in [0.717, 1.165) is 67.8 Å². The maximum atomic E-state index is 12.6. The molecule has 2 N–H and O–H groups in total. The summed E-state index contributed by atoms with van der Waals surface area (Å²) in [6.07, 6.45) is 3.35. The molecule has 26 heavy (non-hydrogen) atoms. The molecule has 1 unspecified atom stereocenters. The summed E-state index contributed by atoms with van der Waals surface area (Å²) in [5.41, 5.74) is 1.72. The Morgan fingerprint density at radius 3 is 2.69 bits per heavy atom. The van der Waals surface area contributed by atoms with E-state index >= 15 is 0 Å². The van der Waals surface area contributed by atoms with Gasteiger partial charge in [-0.2, -0.15) is 0 Å². The van der Waals surface area contributed by atoms with Gasteiger partial charge >= 0.3 is 0 Å². The number of piperidine rings is 1. The SMILES string of the molecule is CC(C)N1CCC(Oc2ccc3[nH]c(C(=O)C4CCNC4)cc3c2)CC1. The first-order chi connectivity index (χ1) is 12.6. The summed E-state index contributed by atoms with van der Waals surface area (Å²) in [5, 5.41) is 4.32. The van der Waals surface area contributed by atoms with Crippen LogP contribution < -0.4 is 10.1 Å². The zero-order chi connectivity index (χ0) is 18.1. The fourth-order valence-electron chi connectivity index (χ4n) is 4.12. The molecule has 0 amide bonds. The molecule has 2 saturated heterocycles. The van der Waals surface area contributed by atoms with Gasteiger partial charge in [0.05, 0.1) is 5.69 Å². The third-order valence-electron chi connectivity index (χ3n) is 5.80. The van der Waals surface area contributed by atoms with Crippen LogP contribution in [-0.2, 0) is 0 Å². The molecule has 3 heterocycles. The molecule has 2 aromatic rings. The lowest BCUT2D eigenvalue weighted by atomic mass is 10.0. The number of nitrogens with zero attached hydrogens (tertiary/aromatic N) is 1. The number of Topliss-reactive ketones (excluding diaryl/α,β-unsaturated/α-hetero) is 1. The molecular weight excluding hydrogens is 326 g/mol. The minimum Gasteiger partial charge on any atom is -0.490 e. The predicted octanol–water partition coefficient (Wildman–Crippen LogP) is 3.21. The number of hydrogen-bond donors (Lipinski definition) is 2. The van der Waals surface area contributed by atoms with Crippen molar-refractivity contribution < 1.29 is 9.53 Å². The highest BCUT2D eigenvalue weighted by atomic mass is 16.5. The van der Waals surface area contributed by atoms with Crippen LogP contribution in [0.1, 0.15) is 43.6 Å². The van der Waals surface area contributed by atoms with Gasteiger partial charge in [-0.15, -0.1) is 0 Å². The molecule has 0 saturated carbocycles. The summed E-state index contributed by atoms with van der Waals surface area (Å²) in [6, 6.07) is 8.68. The number of benzene rings is 1. The first kappa shape index (κ1) is 17.6. The summed E-state index contributed by atoms with van der Waals surface area (Å²) in [5.74, 6) is 1.22. The van der Waals surface area contributed by atoms with E-state index in [1.165, 1.54) is 0 Å². The fraction of sp³-hybridized carbons (Fsp3) is 0.571. The van der Waals surface area contributed by atoms with Gasteiger partial charge in [-0.05, 0) is 63.9 Å². The number of aromatic nitrogens is 1. The third kappa shape index (κ3) is 3.64. The van der Waals surface area contributed by atoms with Gasteiger partial charge in [0.15, 0.2) is 5.78 Å². The van der Waals surface area contributed by atoms with Crippen molar-refractivity contribution in [2.75, 3.05) is 26.2 Å². The number of hydrogen-bond acceptors (Lipinski definition) is 4. The van der Waals surface area contributed by atoms with Gasteiger partial charge in [-0.3, -0.25) is 4.79 Å². The van der Waals surface area contributed by atoms with Gasteiger partial charge < -0.3 is 19.9 Å². The molecule has 0 radical (unpaired) electrons. The molecule has 2 fully saturated rings. The molecule has 1 aromatic carbocycles. The van der Waals surface area contributed by atoms with Crippen LogP contribution >= 0.6 is 0 Å². The highest BCUT2D eigenvalue weighted by molar-refractivity contribution is 6.01. The van der Waals surface area contributed by atoms with Gasteiger partial charge in [-0.25, -0.2) is 0 Å². The number of aromatic amines is 1. The largest absolute Gasteiger partial charge is 0.490 e. The Bertz CT molecular complexity index is 769. The van der Waals surface area contributed by atoms with Gasteiger partial charge in [0.1, 0.15) is 11.9 Å². The Kier molecular flexibility index (Phi) is 5.00. The van der Waals surface area contributed by atoms with Gasteiger partial charge in [0, 0.05) is 42.5 Å². The summed E-state index contributed by atoms with van der Waals surface area (Å²) in [6.45, 7) is 8.43. The minimum absolute atomic E-state index is 0.102. The van der Waals surface area contributed by atoms with Crippen molar-refractivity contribution in [1.82, 2.24) is 15.2 Å². The molecular formula is C21H29N3O2. The van der Waals surface area contributed by atoms with Crippen LogP contribution in [0.25, 0.3) is 10.9 Å². The standard InChI is InChI=1S/C21H29N3O2/c1-14(2)24-9-6-17(7-10-24)26-18-3-4-19-16(11-18)12-20(23-19)21(25)15-5-8-22-13-15/h3-4,11-12,14-15,17,22-23H,5-10,13H2,1-2H3. The van der Waals surface area contributed by atoms with Crippen molar-refractivity contribution in [1.29, 1.82) is 0 Å². The number of ketones is 1. The Balaban J connectivity index is 1.43. The molecule has 0 spiro atoms. The lowest BCUT2D eigenvalue weighted by molar-refractivity contribution is 0.0844. The molecule has 0 aliphatic carbocycles. The van der Waals surface area contributed by atoms with Crippen molar-refractivity contribution in [3.05, 3.63) is 30.0 Å². The van der Waals surface area contributed by atoms with Crippen LogP contribution in [0.4, 0.5) is 0 Å². The molecule has 1 atom stereocenters. The van der Waals surface area contributed by atoms with E-state index in [-0.39, 0.29) is 17.8 Å². The minimum atomic E-state index is 0.102. The van der Waals surface area contributed by atoms with Crippen LogP contribution in [0.15, 0.2) is 24.3 Å². The van der Waals surface area contributed by atoms with Crippen molar-refractivity contribution in [3.8, 4) is 5.75 Å². The van der Waals surface area contributed by atoms with Crippen molar-refractivity contribution >= 4 is 16.7 Å². The Labute approximate surface area is 155 Å². The number of likely N-dealkylation sites (tertiary alicyclic amines) is 1. The second-order valence-corrected chi connectivity index (χ2v) is 7.93. The van der Waals surface area contributed by atoms with E-state index in [9.17, 15) is 4.79 Å². The molecule has 140 valence electrons. The first-order valence-corrected chi connectivity index (χ1v) is 9.88. The molecule has 0 bridgehead atoms. The second kappa shape index (κ2) is 7.41. The van der Waals surface area contributed by atoms with E-state index in [2.05, 4.69) is 35.1 Å².